The quantitative estimate of drug-likeness (QED) is 0.603. The van der Waals surface area contributed by atoms with E-state index < -0.39 is 6.04 Å². The Morgan fingerprint density at radius 3 is 2.85 bits per heavy atom. The van der Waals surface area contributed by atoms with Crippen LogP contribution in [0, 0.1) is 0 Å². The number of nitrogens with two attached hydrogens (primary N) is 1. The number of hydrogen-bond acceptors (Lipinski definition) is 7. The largest absolute Gasteiger partial charge is 0.383 e. The van der Waals surface area contributed by atoms with Crippen LogP contribution in [0.1, 0.15) is 78.3 Å². The third-order valence-corrected chi connectivity index (χ3v) is 7.50. The Morgan fingerprint density at radius 2 is 2.09 bits per heavy atom. The smallest absolute Gasteiger partial charge is 0.260 e. The highest BCUT2D eigenvalue weighted by Crippen LogP contribution is 2.48. The lowest BCUT2D eigenvalue weighted by Crippen LogP contribution is -2.24. The van der Waals surface area contributed by atoms with Gasteiger partial charge >= 0.3 is 0 Å². The monoisotopic (exact) mass is 459 g/mol. The molecule has 0 spiro atoms. The molecule has 2 aliphatic heterocycles. The summed E-state index contributed by atoms with van der Waals surface area (Å²) in [6.45, 7) is 5.09. The van der Waals surface area contributed by atoms with E-state index in [0.717, 1.165) is 60.0 Å². The minimum Gasteiger partial charge on any atom is -0.383 e. The van der Waals surface area contributed by atoms with Crippen LogP contribution in [-0.2, 0) is 23.1 Å². The summed E-state index contributed by atoms with van der Waals surface area (Å²) in [5.41, 5.74) is 10.4. The van der Waals surface area contributed by atoms with E-state index in [1.165, 1.54) is 0 Å². The van der Waals surface area contributed by atoms with Gasteiger partial charge in [-0.2, -0.15) is 0 Å². The van der Waals surface area contributed by atoms with Crippen LogP contribution in [0.4, 0.5) is 5.82 Å². The molecule has 0 aromatic carbocycles. The highest BCUT2D eigenvalue weighted by Gasteiger charge is 2.43. The number of amides is 1. The van der Waals surface area contributed by atoms with Crippen molar-refractivity contribution in [2.45, 2.75) is 63.6 Å². The minimum atomic E-state index is -0.395. The highest BCUT2D eigenvalue weighted by atomic mass is 16.5. The molecule has 1 saturated carbocycles. The molecule has 3 aliphatic rings. The van der Waals surface area contributed by atoms with Gasteiger partial charge in [-0.15, -0.1) is 10.2 Å². The second-order valence-corrected chi connectivity index (χ2v) is 10.0. The Labute approximate surface area is 198 Å². The van der Waals surface area contributed by atoms with E-state index in [1.54, 1.807) is 12.0 Å². The summed E-state index contributed by atoms with van der Waals surface area (Å²) in [5.74, 6) is 2.26. The van der Waals surface area contributed by atoms with Gasteiger partial charge in [-0.3, -0.25) is 14.7 Å². The molecule has 0 bridgehead atoms. The van der Waals surface area contributed by atoms with Gasteiger partial charge in [0.05, 0.1) is 24.9 Å². The molecule has 1 amide bonds. The first-order chi connectivity index (χ1) is 16.4. The molecule has 5 heterocycles. The summed E-state index contributed by atoms with van der Waals surface area (Å²) in [6, 6.07) is 7.61. The molecule has 3 aromatic rings. The zero-order valence-corrected chi connectivity index (χ0v) is 19.8. The molecule has 0 radical (unpaired) electrons. The molecule has 2 atom stereocenters. The number of anilines is 1. The van der Waals surface area contributed by atoms with Crippen molar-refractivity contribution >= 4 is 11.7 Å². The average molecular weight is 460 g/mol. The number of nitrogens with zero attached hydrogens (tertiary/aromatic N) is 6. The normalized spacial score (nSPS) is 21.0. The van der Waals surface area contributed by atoms with Gasteiger partial charge < -0.3 is 15.0 Å². The lowest BCUT2D eigenvalue weighted by Gasteiger charge is -2.18. The second-order valence-electron chi connectivity index (χ2n) is 10.0. The fourth-order valence-corrected chi connectivity index (χ4v) is 5.12. The van der Waals surface area contributed by atoms with Crippen molar-refractivity contribution in [1.82, 2.24) is 24.7 Å². The number of pyridine rings is 2. The molecular formula is C25H29N7O2. The summed E-state index contributed by atoms with van der Waals surface area (Å²) in [7, 11) is 1.63. The maximum Gasteiger partial charge on any atom is 0.260 e. The van der Waals surface area contributed by atoms with E-state index >= 15 is 0 Å². The first-order valence-electron chi connectivity index (χ1n) is 11.9. The molecule has 2 N–H and O–H groups in total. The number of carbonyl (C=O) groups is 1. The van der Waals surface area contributed by atoms with Crippen molar-refractivity contribution in [3.63, 3.8) is 0 Å². The number of rotatable bonds is 6. The van der Waals surface area contributed by atoms with Crippen LogP contribution in [0.25, 0.3) is 11.5 Å². The molecule has 3 aromatic heterocycles. The number of aryl methyl sites for hydroxylation is 1. The Balaban J connectivity index is 1.39. The van der Waals surface area contributed by atoms with Crippen LogP contribution < -0.4 is 10.6 Å². The molecule has 34 heavy (non-hydrogen) atoms. The van der Waals surface area contributed by atoms with Crippen LogP contribution >= 0.6 is 0 Å². The van der Waals surface area contributed by atoms with Crippen molar-refractivity contribution in [2.24, 2.45) is 5.73 Å². The molecule has 1 fully saturated rings. The minimum absolute atomic E-state index is 0.0210. The summed E-state index contributed by atoms with van der Waals surface area (Å²) >= 11 is 0. The third kappa shape index (κ3) is 3.25. The maximum atomic E-state index is 13.6. The number of fused-ring (bicyclic) bond motifs is 2. The van der Waals surface area contributed by atoms with E-state index in [2.05, 4.69) is 28.6 Å². The van der Waals surface area contributed by atoms with E-state index in [9.17, 15) is 4.79 Å². The fraction of sp³-hybridized carbons (Fsp3) is 0.480. The van der Waals surface area contributed by atoms with Crippen molar-refractivity contribution in [2.75, 3.05) is 18.6 Å². The number of methoxy groups -OCH3 is 1. The van der Waals surface area contributed by atoms with Gasteiger partial charge in [0.1, 0.15) is 17.3 Å². The van der Waals surface area contributed by atoms with Crippen molar-refractivity contribution in [1.29, 1.82) is 0 Å². The molecule has 1 aliphatic carbocycles. The van der Waals surface area contributed by atoms with Crippen molar-refractivity contribution in [3.05, 3.63) is 52.6 Å². The van der Waals surface area contributed by atoms with E-state index in [-0.39, 0.29) is 11.3 Å². The molecule has 1 unspecified atom stereocenters. The van der Waals surface area contributed by atoms with Gasteiger partial charge in [0, 0.05) is 41.8 Å². The zero-order valence-electron chi connectivity index (χ0n) is 19.8. The Morgan fingerprint density at radius 1 is 1.26 bits per heavy atom. The predicted molar refractivity (Wildman–Crippen MR) is 126 cm³/mol. The van der Waals surface area contributed by atoms with Crippen LogP contribution in [0.15, 0.2) is 24.3 Å². The van der Waals surface area contributed by atoms with Gasteiger partial charge in [-0.25, -0.2) is 4.98 Å². The molecule has 0 saturated heterocycles. The molecule has 9 heteroatoms. The Hall–Kier alpha value is -3.17. The van der Waals surface area contributed by atoms with E-state index in [1.807, 2.05) is 24.3 Å². The second kappa shape index (κ2) is 7.68. The first kappa shape index (κ1) is 21.4. The third-order valence-electron chi connectivity index (χ3n) is 7.50. The van der Waals surface area contributed by atoms with Crippen molar-refractivity contribution in [3.8, 4) is 11.5 Å². The summed E-state index contributed by atoms with van der Waals surface area (Å²) in [4.78, 5) is 25.1. The van der Waals surface area contributed by atoms with Crippen LogP contribution in [0.5, 0.6) is 0 Å². The van der Waals surface area contributed by atoms with Crippen molar-refractivity contribution < 1.29 is 9.53 Å². The lowest BCUT2D eigenvalue weighted by atomic mass is 9.97. The summed E-state index contributed by atoms with van der Waals surface area (Å²) in [6.07, 6.45) is 4.11. The topological polar surface area (TPSA) is 112 Å². The molecule has 9 nitrogen and oxygen atoms in total. The average Bonchev–Trinajstić information content (AvgIpc) is 3.16. The zero-order chi connectivity index (χ0) is 23.6. The summed E-state index contributed by atoms with van der Waals surface area (Å²) in [5, 5.41) is 8.74. The Bertz CT molecular complexity index is 1300. The predicted octanol–water partition coefficient (Wildman–Crippen LogP) is 3.10. The van der Waals surface area contributed by atoms with Crippen LogP contribution in [0.2, 0.25) is 0 Å². The lowest BCUT2D eigenvalue weighted by molar-refractivity contribution is 0.0995. The Kier molecular flexibility index (Phi) is 4.82. The number of aromatic nitrogens is 5. The van der Waals surface area contributed by atoms with Crippen LogP contribution in [0.3, 0.4) is 0 Å². The molecular weight excluding hydrogens is 430 g/mol. The standard InChI is InChI=1S/C25H29N7O2/c1-14-7-8-21-29-30-23(32(14)21)18-5-4-6-20(27-18)31-12-16-15(24(31)33)11-19(25(2)9-10-25)28-22(16)17(26)13-34-3/h4-6,11,14,17H,7-10,12-13,26H2,1-3H3/t14-,17?/m0/s1. The number of hydrogen-bond donors (Lipinski definition) is 1. The van der Waals surface area contributed by atoms with E-state index in [0.29, 0.717) is 30.6 Å². The molecule has 176 valence electrons. The fourth-order valence-electron chi connectivity index (χ4n) is 5.12. The van der Waals surface area contributed by atoms with Gasteiger partial charge in [-0.05, 0) is 44.4 Å². The van der Waals surface area contributed by atoms with Gasteiger partial charge in [-0.1, -0.05) is 13.0 Å². The molecule has 6 rings (SSSR count). The van der Waals surface area contributed by atoms with Gasteiger partial charge in [0.2, 0.25) is 0 Å². The van der Waals surface area contributed by atoms with E-state index in [4.69, 9.17) is 20.4 Å². The first-order valence-corrected chi connectivity index (χ1v) is 11.9. The summed E-state index contributed by atoms with van der Waals surface area (Å²) < 4.78 is 7.46. The highest BCUT2D eigenvalue weighted by molar-refractivity contribution is 6.10. The van der Waals surface area contributed by atoms with Gasteiger partial charge in [0.15, 0.2) is 5.82 Å². The maximum absolute atomic E-state index is 13.6. The SMILES string of the molecule is COCC(N)c1nc(C2(C)CC2)cc2c1CN(c1cccc(-c3nnc4n3[C@@H](C)CC4)n1)C2=O. The number of carbonyl (C=O) groups excluding carboxylic acids is 1. The van der Waals surface area contributed by atoms with Gasteiger partial charge in [0.25, 0.3) is 5.91 Å². The van der Waals surface area contributed by atoms with Crippen LogP contribution in [-0.4, -0.2) is 44.4 Å². The number of ether oxygens (including phenoxy) is 1.